The summed E-state index contributed by atoms with van der Waals surface area (Å²) < 4.78 is 37.8. The van der Waals surface area contributed by atoms with Gasteiger partial charge in [0, 0.05) is 26.2 Å². The topological polar surface area (TPSA) is 93.2 Å². The van der Waals surface area contributed by atoms with Crippen molar-refractivity contribution >= 4 is 22.1 Å². The Labute approximate surface area is 190 Å². The summed E-state index contributed by atoms with van der Waals surface area (Å²) in [4.78, 5) is 26.7. The van der Waals surface area contributed by atoms with E-state index in [4.69, 9.17) is 9.47 Å². The number of esters is 1. The summed E-state index contributed by atoms with van der Waals surface area (Å²) in [6, 6.07) is 8.36. The number of piperidine rings is 2. The molecule has 0 aliphatic carbocycles. The number of ether oxygens (including phenoxy) is 2. The van der Waals surface area contributed by atoms with Crippen LogP contribution in [0.2, 0.25) is 0 Å². The van der Waals surface area contributed by atoms with E-state index >= 15 is 0 Å². The number of nitrogens with zero attached hydrogens (tertiary/aromatic N) is 2. The van der Waals surface area contributed by atoms with Gasteiger partial charge < -0.3 is 14.4 Å². The number of hydrogen-bond acceptors (Lipinski definition) is 6. The molecule has 1 aromatic rings. The molecule has 3 rings (SSSR count). The van der Waals surface area contributed by atoms with Crippen molar-refractivity contribution in [2.24, 2.45) is 11.8 Å². The average Bonchev–Trinajstić information content (AvgIpc) is 2.77. The van der Waals surface area contributed by atoms with E-state index in [0.717, 1.165) is 12.8 Å². The Hall–Kier alpha value is -2.13. The molecule has 9 heteroatoms. The zero-order chi connectivity index (χ0) is 23.4. The summed E-state index contributed by atoms with van der Waals surface area (Å²) >= 11 is 0. The number of amides is 1. The molecule has 0 bridgehead atoms. The summed E-state index contributed by atoms with van der Waals surface area (Å²) in [7, 11) is -3.53. The maximum Gasteiger partial charge on any atom is 0.410 e. The molecule has 32 heavy (non-hydrogen) atoms. The summed E-state index contributed by atoms with van der Waals surface area (Å²) in [5.74, 6) is -0.313. The Balaban J connectivity index is 1.39. The Morgan fingerprint density at radius 1 is 0.969 bits per heavy atom. The molecule has 2 heterocycles. The number of rotatable bonds is 5. The van der Waals surface area contributed by atoms with Gasteiger partial charge in [0.25, 0.3) is 0 Å². The molecule has 1 aromatic carbocycles. The lowest BCUT2D eigenvalue weighted by Crippen LogP contribution is -2.43. The zero-order valence-corrected chi connectivity index (χ0v) is 20.0. The highest BCUT2D eigenvalue weighted by atomic mass is 32.2. The maximum absolute atomic E-state index is 12.7. The van der Waals surface area contributed by atoms with Gasteiger partial charge in [0.15, 0.2) is 0 Å². The minimum atomic E-state index is -3.53. The lowest BCUT2D eigenvalue weighted by molar-refractivity contribution is -0.151. The van der Waals surface area contributed by atoms with Crippen molar-refractivity contribution in [1.29, 1.82) is 0 Å². The molecule has 178 valence electrons. The third-order valence-corrected chi connectivity index (χ3v) is 7.81. The van der Waals surface area contributed by atoms with Crippen molar-refractivity contribution in [3.8, 4) is 0 Å². The number of likely N-dealkylation sites (tertiary alicyclic amines) is 1. The highest BCUT2D eigenvalue weighted by Gasteiger charge is 2.33. The number of benzene rings is 1. The Bertz CT molecular complexity index is 881. The van der Waals surface area contributed by atoms with Gasteiger partial charge in [-0.05, 0) is 64.5 Å². The van der Waals surface area contributed by atoms with E-state index in [1.54, 1.807) is 35.2 Å². The van der Waals surface area contributed by atoms with Gasteiger partial charge in [-0.1, -0.05) is 18.2 Å². The first-order valence-corrected chi connectivity index (χ1v) is 12.7. The van der Waals surface area contributed by atoms with Crippen molar-refractivity contribution < 1.29 is 27.5 Å². The van der Waals surface area contributed by atoms with Crippen molar-refractivity contribution in [2.75, 3.05) is 32.8 Å². The Kier molecular flexibility index (Phi) is 7.82. The monoisotopic (exact) mass is 466 g/mol. The van der Waals surface area contributed by atoms with Crippen molar-refractivity contribution in [3.63, 3.8) is 0 Å². The van der Waals surface area contributed by atoms with Gasteiger partial charge in [-0.25, -0.2) is 13.2 Å². The number of hydrogen-bond donors (Lipinski definition) is 0. The second kappa shape index (κ2) is 10.2. The van der Waals surface area contributed by atoms with Crippen molar-refractivity contribution in [1.82, 2.24) is 9.21 Å². The second-order valence-corrected chi connectivity index (χ2v) is 11.5. The predicted molar refractivity (Wildman–Crippen MR) is 119 cm³/mol. The van der Waals surface area contributed by atoms with E-state index < -0.39 is 15.6 Å². The van der Waals surface area contributed by atoms with Crippen LogP contribution in [0.4, 0.5) is 4.79 Å². The normalized spacial score (nSPS) is 19.5. The minimum absolute atomic E-state index is 0.219. The number of sulfonamides is 1. The van der Waals surface area contributed by atoms with Gasteiger partial charge in [0.05, 0.1) is 17.4 Å². The molecule has 0 atom stereocenters. The third-order valence-electron chi connectivity index (χ3n) is 5.90. The predicted octanol–water partition coefficient (Wildman–Crippen LogP) is 3.28. The molecule has 0 unspecified atom stereocenters. The third kappa shape index (κ3) is 6.45. The van der Waals surface area contributed by atoms with Gasteiger partial charge >= 0.3 is 12.1 Å². The smallest absolute Gasteiger partial charge is 0.410 e. The van der Waals surface area contributed by atoms with Crippen LogP contribution in [0.25, 0.3) is 0 Å². The van der Waals surface area contributed by atoms with Crippen LogP contribution in [-0.4, -0.2) is 68.1 Å². The molecule has 8 nitrogen and oxygen atoms in total. The van der Waals surface area contributed by atoms with Gasteiger partial charge in [0.1, 0.15) is 5.60 Å². The lowest BCUT2D eigenvalue weighted by atomic mass is 9.97. The van der Waals surface area contributed by atoms with E-state index in [0.29, 0.717) is 45.6 Å². The molecule has 2 fully saturated rings. The van der Waals surface area contributed by atoms with Gasteiger partial charge in [-0.3, -0.25) is 4.79 Å². The van der Waals surface area contributed by atoms with Crippen LogP contribution < -0.4 is 0 Å². The van der Waals surface area contributed by atoms with E-state index in [1.165, 1.54) is 4.31 Å². The Morgan fingerprint density at radius 2 is 1.56 bits per heavy atom. The first kappa shape index (κ1) is 24.5. The van der Waals surface area contributed by atoms with E-state index in [2.05, 4.69) is 0 Å². The number of carbonyl (C=O) groups excluding carboxylic acids is 2. The van der Waals surface area contributed by atoms with Gasteiger partial charge in [-0.2, -0.15) is 4.31 Å². The fraction of sp³-hybridized carbons (Fsp3) is 0.652. The summed E-state index contributed by atoms with van der Waals surface area (Å²) in [5.41, 5.74) is -0.514. The van der Waals surface area contributed by atoms with Crippen molar-refractivity contribution in [3.05, 3.63) is 30.3 Å². The molecular formula is C23H34N2O6S. The minimum Gasteiger partial charge on any atom is -0.465 e. The van der Waals surface area contributed by atoms with Gasteiger partial charge in [0.2, 0.25) is 10.0 Å². The van der Waals surface area contributed by atoms with Crippen LogP contribution in [-0.2, 0) is 24.3 Å². The largest absolute Gasteiger partial charge is 0.465 e. The maximum atomic E-state index is 12.7. The second-order valence-electron chi connectivity index (χ2n) is 9.53. The highest BCUT2D eigenvalue weighted by Crippen LogP contribution is 2.26. The molecule has 0 radical (unpaired) electrons. The first-order chi connectivity index (χ1) is 15.1. The summed E-state index contributed by atoms with van der Waals surface area (Å²) in [6.45, 7) is 7.68. The number of carbonyl (C=O) groups is 2. The van der Waals surface area contributed by atoms with E-state index in [1.807, 2.05) is 20.8 Å². The molecule has 0 N–H and O–H groups in total. The quantitative estimate of drug-likeness (QED) is 0.619. The zero-order valence-electron chi connectivity index (χ0n) is 19.2. The highest BCUT2D eigenvalue weighted by molar-refractivity contribution is 7.89. The molecule has 1 amide bonds. The molecule has 2 aliphatic rings. The summed E-state index contributed by atoms with van der Waals surface area (Å²) in [6.07, 6.45) is 2.15. The molecular weight excluding hydrogens is 432 g/mol. The van der Waals surface area contributed by atoms with E-state index in [-0.39, 0.29) is 28.8 Å². The summed E-state index contributed by atoms with van der Waals surface area (Å²) in [5, 5.41) is 0. The van der Waals surface area contributed by atoms with Crippen LogP contribution in [0.3, 0.4) is 0 Å². The van der Waals surface area contributed by atoms with E-state index in [9.17, 15) is 18.0 Å². The molecule has 0 aromatic heterocycles. The molecule has 2 aliphatic heterocycles. The molecule has 0 spiro atoms. The van der Waals surface area contributed by atoms with Crippen LogP contribution >= 0.6 is 0 Å². The fourth-order valence-electron chi connectivity index (χ4n) is 4.00. The first-order valence-electron chi connectivity index (χ1n) is 11.3. The van der Waals surface area contributed by atoms with Crippen LogP contribution in [0.15, 0.2) is 35.2 Å². The lowest BCUT2D eigenvalue weighted by Gasteiger charge is -2.33. The van der Waals surface area contributed by atoms with Crippen molar-refractivity contribution in [2.45, 2.75) is 57.0 Å². The van der Waals surface area contributed by atoms with Crippen LogP contribution in [0.5, 0.6) is 0 Å². The molecule has 0 saturated carbocycles. The molecule has 2 saturated heterocycles. The van der Waals surface area contributed by atoms with Crippen LogP contribution in [0.1, 0.15) is 46.5 Å². The SMILES string of the molecule is CC(C)(C)OC(=O)N1CCC(COC(=O)C2CCN(S(=O)(=O)c3ccccc3)CC2)CC1. The fourth-order valence-corrected chi connectivity index (χ4v) is 5.49. The van der Waals surface area contributed by atoms with Gasteiger partial charge in [-0.15, -0.1) is 0 Å². The standard InChI is InChI=1S/C23H34N2O6S/c1-23(2,3)31-22(27)24-13-9-18(10-14-24)17-30-21(26)19-11-15-25(16-12-19)32(28,29)20-7-5-4-6-8-20/h4-8,18-19H,9-17H2,1-3H3. The Morgan fingerprint density at radius 3 is 2.12 bits per heavy atom. The average molecular weight is 467 g/mol. The van der Waals surface area contributed by atoms with Crippen LogP contribution in [0, 0.1) is 11.8 Å².